The summed E-state index contributed by atoms with van der Waals surface area (Å²) in [4.78, 5) is 2.48. The molecule has 1 saturated heterocycles. The van der Waals surface area contributed by atoms with E-state index in [4.69, 9.17) is 4.74 Å². The summed E-state index contributed by atoms with van der Waals surface area (Å²) in [6.07, 6.45) is 1.95. The zero-order chi connectivity index (χ0) is 13.9. The van der Waals surface area contributed by atoms with Crippen LogP contribution in [0.2, 0.25) is 0 Å². The molecule has 19 heavy (non-hydrogen) atoms. The number of aryl methyl sites for hydroxylation is 1. The van der Waals surface area contributed by atoms with E-state index in [1.54, 1.807) is 11.3 Å². The molecule has 1 aromatic rings. The highest BCUT2D eigenvalue weighted by molar-refractivity contribution is 7.90. The summed E-state index contributed by atoms with van der Waals surface area (Å²) in [5.74, 6) is 0. The lowest BCUT2D eigenvalue weighted by Gasteiger charge is -2.24. The van der Waals surface area contributed by atoms with Crippen LogP contribution >= 0.6 is 11.3 Å². The molecule has 1 unspecified atom stereocenters. The number of rotatable bonds is 5. The summed E-state index contributed by atoms with van der Waals surface area (Å²) < 4.78 is 32.5. The second-order valence-electron chi connectivity index (χ2n) is 5.09. The summed E-state index contributed by atoms with van der Waals surface area (Å²) in [5, 5.41) is -0.297. The molecule has 2 heterocycles. The van der Waals surface area contributed by atoms with Gasteiger partial charge >= 0.3 is 0 Å². The van der Waals surface area contributed by atoms with E-state index in [0.29, 0.717) is 26.1 Å². The van der Waals surface area contributed by atoms with Crippen molar-refractivity contribution in [1.29, 1.82) is 0 Å². The highest BCUT2D eigenvalue weighted by Crippen LogP contribution is 2.19. The van der Waals surface area contributed by atoms with Gasteiger partial charge in [-0.3, -0.25) is 0 Å². The van der Waals surface area contributed by atoms with Crippen LogP contribution in [0.3, 0.4) is 0 Å². The van der Waals surface area contributed by atoms with Crippen LogP contribution in [0.4, 0.5) is 0 Å². The molecule has 6 heteroatoms. The van der Waals surface area contributed by atoms with E-state index in [-0.39, 0.29) is 11.3 Å². The van der Waals surface area contributed by atoms with E-state index in [1.807, 2.05) is 6.92 Å². The van der Waals surface area contributed by atoms with Crippen LogP contribution in [-0.2, 0) is 21.2 Å². The van der Waals surface area contributed by atoms with Crippen LogP contribution in [0.5, 0.6) is 0 Å². The molecule has 1 aromatic heterocycles. The molecule has 1 fully saturated rings. The highest BCUT2D eigenvalue weighted by Gasteiger charge is 2.28. The van der Waals surface area contributed by atoms with E-state index in [0.717, 1.165) is 6.42 Å². The highest BCUT2D eigenvalue weighted by atomic mass is 32.2. The van der Waals surface area contributed by atoms with Crippen LogP contribution in [0.15, 0.2) is 12.1 Å². The van der Waals surface area contributed by atoms with Gasteiger partial charge in [-0.25, -0.2) is 13.1 Å². The fourth-order valence-electron chi connectivity index (χ4n) is 2.30. The van der Waals surface area contributed by atoms with Crippen molar-refractivity contribution in [2.24, 2.45) is 0 Å². The maximum absolute atomic E-state index is 12.2. The van der Waals surface area contributed by atoms with Crippen LogP contribution in [0, 0.1) is 6.92 Å². The molecule has 2 rings (SSSR count). The van der Waals surface area contributed by atoms with Crippen molar-refractivity contribution in [3.8, 4) is 0 Å². The van der Waals surface area contributed by atoms with E-state index >= 15 is 0 Å². The van der Waals surface area contributed by atoms with Crippen molar-refractivity contribution in [1.82, 2.24) is 4.72 Å². The summed E-state index contributed by atoms with van der Waals surface area (Å²) in [6, 6.07) is 4.07. The van der Waals surface area contributed by atoms with Gasteiger partial charge in [-0.1, -0.05) is 0 Å². The van der Waals surface area contributed by atoms with Gasteiger partial charge < -0.3 is 4.74 Å². The fourth-order valence-corrected chi connectivity index (χ4v) is 4.97. The van der Waals surface area contributed by atoms with Crippen molar-refractivity contribution >= 4 is 21.4 Å². The first-order valence-corrected chi connectivity index (χ1v) is 8.98. The fraction of sp³-hybridized carbons (Fsp3) is 0.692. The number of hydrogen-bond acceptors (Lipinski definition) is 4. The Morgan fingerprint density at radius 2 is 2.11 bits per heavy atom. The molecule has 0 aromatic carbocycles. The summed E-state index contributed by atoms with van der Waals surface area (Å²) in [5.41, 5.74) is 0. The Balaban J connectivity index is 1.91. The average Bonchev–Trinajstić information content (AvgIpc) is 2.75. The maximum Gasteiger partial charge on any atom is 0.214 e. The smallest absolute Gasteiger partial charge is 0.214 e. The Kier molecular flexibility index (Phi) is 5.00. The summed E-state index contributed by atoms with van der Waals surface area (Å²) in [7, 11) is -3.22. The predicted octanol–water partition coefficient (Wildman–Crippen LogP) is 2.09. The first-order valence-electron chi connectivity index (χ1n) is 6.61. The lowest BCUT2D eigenvalue weighted by Crippen LogP contribution is -2.42. The van der Waals surface area contributed by atoms with Gasteiger partial charge in [0.15, 0.2) is 0 Å². The molecule has 1 N–H and O–H groups in total. The van der Waals surface area contributed by atoms with Gasteiger partial charge in [-0.15, -0.1) is 11.3 Å². The average molecular weight is 303 g/mol. The zero-order valence-electron chi connectivity index (χ0n) is 11.4. The number of sulfonamides is 1. The lowest BCUT2D eigenvalue weighted by molar-refractivity contribution is 0.0981. The van der Waals surface area contributed by atoms with Gasteiger partial charge in [0.05, 0.1) is 5.25 Å². The SMILES string of the molecule is Cc1ccc(CC(C)NS(=O)(=O)C2CCOCC2)s1. The third kappa shape index (κ3) is 4.27. The molecule has 1 aliphatic rings. The van der Waals surface area contributed by atoms with E-state index in [1.165, 1.54) is 9.75 Å². The van der Waals surface area contributed by atoms with Gasteiger partial charge in [-0.05, 0) is 45.2 Å². The quantitative estimate of drug-likeness (QED) is 0.906. The van der Waals surface area contributed by atoms with Crippen molar-refractivity contribution < 1.29 is 13.2 Å². The predicted molar refractivity (Wildman–Crippen MR) is 78.1 cm³/mol. The molecular weight excluding hydrogens is 282 g/mol. The topological polar surface area (TPSA) is 55.4 Å². The Labute approximate surface area is 119 Å². The largest absolute Gasteiger partial charge is 0.381 e. The first-order chi connectivity index (χ1) is 8.97. The summed E-state index contributed by atoms with van der Waals surface area (Å²) >= 11 is 1.72. The number of nitrogens with one attached hydrogen (secondary N) is 1. The van der Waals surface area contributed by atoms with Gasteiger partial charge in [0.2, 0.25) is 10.0 Å². The van der Waals surface area contributed by atoms with E-state index < -0.39 is 10.0 Å². The molecule has 0 radical (unpaired) electrons. The normalized spacial score (nSPS) is 19.5. The lowest BCUT2D eigenvalue weighted by atomic mass is 10.2. The minimum absolute atomic E-state index is 0.0640. The monoisotopic (exact) mass is 303 g/mol. The Hall–Kier alpha value is -0.430. The molecule has 108 valence electrons. The third-order valence-electron chi connectivity index (χ3n) is 3.28. The maximum atomic E-state index is 12.2. The van der Waals surface area contributed by atoms with E-state index in [2.05, 4.69) is 23.8 Å². The van der Waals surface area contributed by atoms with Crippen molar-refractivity contribution in [3.63, 3.8) is 0 Å². The Morgan fingerprint density at radius 1 is 1.42 bits per heavy atom. The van der Waals surface area contributed by atoms with Gasteiger partial charge in [0, 0.05) is 29.0 Å². The number of thiophene rings is 1. The van der Waals surface area contributed by atoms with Gasteiger partial charge in [0.1, 0.15) is 0 Å². The molecule has 0 bridgehead atoms. The minimum Gasteiger partial charge on any atom is -0.381 e. The van der Waals surface area contributed by atoms with Crippen molar-refractivity contribution in [3.05, 3.63) is 21.9 Å². The molecule has 1 atom stereocenters. The number of hydrogen-bond donors (Lipinski definition) is 1. The second-order valence-corrected chi connectivity index (χ2v) is 8.46. The molecule has 0 aliphatic carbocycles. The number of ether oxygens (including phenoxy) is 1. The molecule has 0 saturated carbocycles. The van der Waals surface area contributed by atoms with Crippen molar-refractivity contribution in [2.45, 2.75) is 44.4 Å². The third-order valence-corrected chi connectivity index (χ3v) is 6.38. The van der Waals surface area contributed by atoms with Gasteiger partial charge in [0.25, 0.3) is 0 Å². The first kappa shape index (κ1) is 15.0. The molecule has 4 nitrogen and oxygen atoms in total. The minimum atomic E-state index is -3.22. The molecule has 1 aliphatic heterocycles. The van der Waals surface area contributed by atoms with E-state index in [9.17, 15) is 8.42 Å². The Bertz CT molecular complexity index is 504. The van der Waals surface area contributed by atoms with Crippen LogP contribution in [0.1, 0.15) is 29.5 Å². The second kappa shape index (κ2) is 6.35. The zero-order valence-corrected chi connectivity index (χ0v) is 13.0. The van der Waals surface area contributed by atoms with Crippen LogP contribution in [0.25, 0.3) is 0 Å². The van der Waals surface area contributed by atoms with Gasteiger partial charge in [-0.2, -0.15) is 0 Å². The van der Waals surface area contributed by atoms with Crippen LogP contribution < -0.4 is 4.72 Å². The standard InChI is InChI=1S/C13H21NO3S2/c1-10(9-12-4-3-11(2)18-12)14-19(15,16)13-5-7-17-8-6-13/h3-4,10,13-14H,5-9H2,1-2H3. The Morgan fingerprint density at radius 3 is 2.68 bits per heavy atom. The molecule has 0 spiro atoms. The molecule has 0 amide bonds. The molecular formula is C13H21NO3S2. The summed E-state index contributed by atoms with van der Waals surface area (Å²) in [6.45, 7) is 5.07. The van der Waals surface area contributed by atoms with Crippen LogP contribution in [-0.4, -0.2) is 32.9 Å². The van der Waals surface area contributed by atoms with Crippen molar-refractivity contribution in [2.75, 3.05) is 13.2 Å².